The molecule has 0 fully saturated rings. The predicted octanol–water partition coefficient (Wildman–Crippen LogP) is 1.45. The van der Waals surface area contributed by atoms with Crippen LogP contribution in [0.3, 0.4) is 0 Å². The summed E-state index contributed by atoms with van der Waals surface area (Å²) in [4.78, 5) is 21.6. The van der Waals surface area contributed by atoms with Crippen molar-refractivity contribution in [2.24, 2.45) is 0 Å². The fourth-order valence-corrected chi connectivity index (χ4v) is 1.37. The molecule has 0 aliphatic carbocycles. The van der Waals surface area contributed by atoms with Crippen molar-refractivity contribution in [3.05, 3.63) is 46.3 Å². The first-order valence-electron chi connectivity index (χ1n) is 4.66. The maximum atomic E-state index is 11.1. The second kappa shape index (κ2) is 3.65. The molecule has 0 saturated heterocycles. The number of aromatic nitrogens is 3. The van der Waals surface area contributed by atoms with Crippen molar-refractivity contribution in [2.75, 3.05) is 0 Å². The van der Waals surface area contributed by atoms with Gasteiger partial charge >= 0.3 is 5.69 Å². The molecule has 0 aromatic carbocycles. The van der Waals surface area contributed by atoms with Gasteiger partial charge in [-0.1, -0.05) is 0 Å². The minimum Gasteiger partial charge on any atom is -0.305 e. The summed E-state index contributed by atoms with van der Waals surface area (Å²) in [6.07, 6.45) is 3.31. The van der Waals surface area contributed by atoms with Crippen LogP contribution in [0.25, 0.3) is 11.3 Å². The van der Waals surface area contributed by atoms with E-state index in [1.807, 2.05) is 26.0 Å². The number of rotatable bonds is 1. The predicted molar refractivity (Wildman–Crippen MR) is 57.6 cm³/mol. The average molecular weight is 201 g/mol. The second-order valence-electron chi connectivity index (χ2n) is 3.43. The van der Waals surface area contributed by atoms with Crippen molar-refractivity contribution in [2.45, 2.75) is 13.8 Å². The zero-order valence-electron chi connectivity index (χ0n) is 8.61. The molecule has 76 valence electrons. The van der Waals surface area contributed by atoms with E-state index in [4.69, 9.17) is 0 Å². The Balaban J connectivity index is 2.58. The van der Waals surface area contributed by atoms with Gasteiger partial charge in [0, 0.05) is 23.7 Å². The van der Waals surface area contributed by atoms with Crippen LogP contribution >= 0.6 is 0 Å². The van der Waals surface area contributed by atoms with E-state index < -0.39 is 0 Å². The molecule has 4 nitrogen and oxygen atoms in total. The maximum Gasteiger partial charge on any atom is 0.345 e. The Hall–Kier alpha value is -1.97. The van der Waals surface area contributed by atoms with Gasteiger partial charge in [0.25, 0.3) is 0 Å². The molecule has 0 saturated carbocycles. The normalized spacial score (nSPS) is 10.3. The van der Waals surface area contributed by atoms with Crippen molar-refractivity contribution in [3.63, 3.8) is 0 Å². The van der Waals surface area contributed by atoms with Gasteiger partial charge in [0.1, 0.15) is 0 Å². The standard InChI is InChI=1S/C11H11N3O/c1-7-5-13-11(15)14-10(7)9-4-3-8(2)12-6-9/h3-6H,1-2H3,(H,13,14,15). The molecule has 2 heterocycles. The lowest BCUT2D eigenvalue weighted by molar-refractivity contribution is 1.05. The highest BCUT2D eigenvalue weighted by Crippen LogP contribution is 2.17. The first kappa shape index (κ1) is 9.58. The van der Waals surface area contributed by atoms with Crippen molar-refractivity contribution < 1.29 is 0 Å². The monoisotopic (exact) mass is 201 g/mol. The van der Waals surface area contributed by atoms with Gasteiger partial charge in [-0.2, -0.15) is 0 Å². The number of hydrogen-bond donors (Lipinski definition) is 1. The Kier molecular flexibility index (Phi) is 2.33. The van der Waals surface area contributed by atoms with E-state index in [0.29, 0.717) is 0 Å². The molecule has 0 amide bonds. The lowest BCUT2D eigenvalue weighted by Gasteiger charge is -2.04. The summed E-state index contributed by atoms with van der Waals surface area (Å²) in [5.41, 5.74) is 3.23. The highest BCUT2D eigenvalue weighted by atomic mass is 16.1. The molecule has 2 aromatic heterocycles. The summed E-state index contributed by atoms with van der Waals surface area (Å²) in [7, 11) is 0. The molecule has 0 bridgehead atoms. The molecule has 1 N–H and O–H groups in total. The number of H-pyrrole nitrogens is 1. The second-order valence-corrected chi connectivity index (χ2v) is 3.43. The van der Waals surface area contributed by atoms with Crippen molar-refractivity contribution >= 4 is 0 Å². The zero-order chi connectivity index (χ0) is 10.8. The molecule has 2 rings (SSSR count). The summed E-state index contributed by atoms with van der Waals surface area (Å²) in [5, 5.41) is 0. The van der Waals surface area contributed by atoms with E-state index in [-0.39, 0.29) is 5.69 Å². The van der Waals surface area contributed by atoms with Gasteiger partial charge in [-0.3, -0.25) is 4.98 Å². The number of nitrogens with one attached hydrogen (secondary N) is 1. The van der Waals surface area contributed by atoms with Gasteiger partial charge in [0.2, 0.25) is 0 Å². The van der Waals surface area contributed by atoms with Crippen molar-refractivity contribution in [1.82, 2.24) is 15.0 Å². The fraction of sp³-hybridized carbons (Fsp3) is 0.182. The van der Waals surface area contributed by atoms with Crippen LogP contribution in [0.5, 0.6) is 0 Å². The van der Waals surface area contributed by atoms with Crippen LogP contribution in [0.15, 0.2) is 29.3 Å². The van der Waals surface area contributed by atoms with E-state index in [1.165, 1.54) is 0 Å². The molecule has 0 aliphatic heterocycles. The number of aryl methyl sites for hydroxylation is 2. The van der Waals surface area contributed by atoms with E-state index in [1.54, 1.807) is 12.4 Å². The molecule has 0 unspecified atom stereocenters. The third kappa shape index (κ3) is 1.93. The van der Waals surface area contributed by atoms with Gasteiger partial charge < -0.3 is 4.98 Å². The Bertz CT molecular complexity index is 528. The van der Waals surface area contributed by atoms with Crippen molar-refractivity contribution in [3.8, 4) is 11.3 Å². The van der Waals surface area contributed by atoms with Gasteiger partial charge in [-0.25, -0.2) is 9.78 Å². The van der Waals surface area contributed by atoms with Crippen LogP contribution in [0.2, 0.25) is 0 Å². The number of nitrogens with zero attached hydrogens (tertiary/aromatic N) is 2. The fourth-order valence-electron chi connectivity index (χ4n) is 1.37. The summed E-state index contributed by atoms with van der Waals surface area (Å²) in [6.45, 7) is 3.82. The molecule has 0 spiro atoms. The summed E-state index contributed by atoms with van der Waals surface area (Å²) in [5.74, 6) is 0. The molecule has 0 atom stereocenters. The minimum atomic E-state index is -0.337. The van der Waals surface area contributed by atoms with E-state index in [0.717, 1.165) is 22.5 Å². The Labute approximate surface area is 87.0 Å². The topological polar surface area (TPSA) is 58.6 Å². The molecule has 2 aromatic rings. The summed E-state index contributed by atoms with van der Waals surface area (Å²) < 4.78 is 0. The van der Waals surface area contributed by atoms with Gasteiger partial charge in [-0.05, 0) is 31.5 Å². The first-order chi connectivity index (χ1) is 7.16. The van der Waals surface area contributed by atoms with Crippen LogP contribution in [0, 0.1) is 13.8 Å². The van der Waals surface area contributed by atoms with Crippen LogP contribution in [0.4, 0.5) is 0 Å². The molecule has 0 aliphatic rings. The lowest BCUT2D eigenvalue weighted by Crippen LogP contribution is -2.11. The lowest BCUT2D eigenvalue weighted by atomic mass is 10.1. The van der Waals surface area contributed by atoms with Gasteiger partial charge in [0.15, 0.2) is 0 Å². The van der Waals surface area contributed by atoms with Crippen molar-refractivity contribution in [1.29, 1.82) is 0 Å². The number of aromatic amines is 1. The maximum absolute atomic E-state index is 11.1. The third-order valence-electron chi connectivity index (χ3n) is 2.20. The highest BCUT2D eigenvalue weighted by Gasteiger charge is 2.03. The van der Waals surface area contributed by atoms with E-state index >= 15 is 0 Å². The highest BCUT2D eigenvalue weighted by molar-refractivity contribution is 5.60. The van der Waals surface area contributed by atoms with E-state index in [9.17, 15) is 4.79 Å². The molecular weight excluding hydrogens is 190 g/mol. The summed E-state index contributed by atoms with van der Waals surface area (Å²) >= 11 is 0. The molecule has 0 radical (unpaired) electrons. The molecule has 4 heteroatoms. The van der Waals surface area contributed by atoms with Crippen LogP contribution in [-0.4, -0.2) is 15.0 Å². The molecular formula is C11H11N3O. The Morgan fingerprint density at radius 1 is 1.13 bits per heavy atom. The van der Waals surface area contributed by atoms with Gasteiger partial charge in [0.05, 0.1) is 5.69 Å². The third-order valence-corrected chi connectivity index (χ3v) is 2.20. The van der Waals surface area contributed by atoms with Gasteiger partial charge in [-0.15, -0.1) is 0 Å². The van der Waals surface area contributed by atoms with Crippen LogP contribution in [-0.2, 0) is 0 Å². The minimum absolute atomic E-state index is 0.337. The SMILES string of the molecule is Cc1ccc(-c2[nH]c(=O)ncc2C)cn1. The van der Waals surface area contributed by atoms with Crippen LogP contribution < -0.4 is 5.69 Å². The largest absolute Gasteiger partial charge is 0.345 e. The Morgan fingerprint density at radius 2 is 1.93 bits per heavy atom. The smallest absolute Gasteiger partial charge is 0.305 e. The number of hydrogen-bond acceptors (Lipinski definition) is 3. The molecule has 15 heavy (non-hydrogen) atoms. The summed E-state index contributed by atoms with van der Waals surface area (Å²) in [6, 6.07) is 3.84. The quantitative estimate of drug-likeness (QED) is 0.759. The number of pyridine rings is 1. The van der Waals surface area contributed by atoms with Crippen LogP contribution in [0.1, 0.15) is 11.3 Å². The average Bonchev–Trinajstić information content (AvgIpc) is 2.23. The zero-order valence-corrected chi connectivity index (χ0v) is 8.61. The first-order valence-corrected chi connectivity index (χ1v) is 4.66. The Morgan fingerprint density at radius 3 is 2.60 bits per heavy atom. The van der Waals surface area contributed by atoms with E-state index in [2.05, 4.69) is 15.0 Å².